The number of aliphatic carboxylic acids is 1. The monoisotopic (exact) mass is 282 g/mol. The van der Waals surface area contributed by atoms with Gasteiger partial charge in [0.1, 0.15) is 0 Å². The number of carboxylic acids is 1. The van der Waals surface area contributed by atoms with Crippen molar-refractivity contribution in [1.82, 2.24) is 10.3 Å². The van der Waals surface area contributed by atoms with Crippen LogP contribution in [0.3, 0.4) is 0 Å². The van der Waals surface area contributed by atoms with Crippen LogP contribution in [0.15, 0.2) is 18.3 Å². The molecular formula is C13H18N2O5. The summed E-state index contributed by atoms with van der Waals surface area (Å²) in [6.45, 7) is 3.62. The van der Waals surface area contributed by atoms with E-state index < -0.39 is 17.9 Å². The van der Waals surface area contributed by atoms with Crippen LogP contribution in [0.4, 0.5) is 0 Å². The number of amides is 1. The number of nitrogens with zero attached hydrogens (tertiary/aromatic N) is 1. The van der Waals surface area contributed by atoms with Gasteiger partial charge in [-0.05, 0) is 19.9 Å². The fourth-order valence-corrected chi connectivity index (χ4v) is 1.41. The van der Waals surface area contributed by atoms with Gasteiger partial charge in [-0.15, -0.1) is 0 Å². The molecule has 0 fully saturated rings. The maximum Gasteiger partial charge on any atom is 0.328 e. The second-order valence-corrected chi connectivity index (χ2v) is 4.37. The highest BCUT2D eigenvalue weighted by Gasteiger charge is 2.20. The number of methoxy groups -OCH3 is 1. The van der Waals surface area contributed by atoms with Gasteiger partial charge in [0.25, 0.3) is 5.91 Å². The van der Waals surface area contributed by atoms with Crippen LogP contribution in [0.5, 0.6) is 5.88 Å². The summed E-state index contributed by atoms with van der Waals surface area (Å²) in [6, 6.07) is 1.98. The molecule has 1 aromatic rings. The van der Waals surface area contributed by atoms with Crippen LogP contribution in [0.1, 0.15) is 24.2 Å². The first-order valence-corrected chi connectivity index (χ1v) is 6.09. The fraction of sp³-hybridized carbons (Fsp3) is 0.462. The van der Waals surface area contributed by atoms with Gasteiger partial charge in [0, 0.05) is 19.4 Å². The van der Waals surface area contributed by atoms with Gasteiger partial charge in [0.15, 0.2) is 6.04 Å². The third kappa shape index (κ3) is 4.85. The Hall–Kier alpha value is -2.15. The lowest BCUT2D eigenvalue weighted by Gasteiger charge is -2.13. The topological polar surface area (TPSA) is 97.8 Å². The molecular weight excluding hydrogens is 264 g/mol. The molecule has 0 aliphatic heterocycles. The lowest BCUT2D eigenvalue weighted by Crippen LogP contribution is -2.43. The first kappa shape index (κ1) is 15.9. The van der Waals surface area contributed by atoms with E-state index in [2.05, 4.69) is 10.3 Å². The molecule has 0 saturated heterocycles. The Bertz CT molecular complexity index is 458. The summed E-state index contributed by atoms with van der Waals surface area (Å²) in [5.41, 5.74) is 0.253. The maximum atomic E-state index is 11.9. The summed E-state index contributed by atoms with van der Waals surface area (Å²) < 4.78 is 10.1. The van der Waals surface area contributed by atoms with E-state index in [1.807, 2.05) is 13.8 Å². The standard InChI is InChI=1S/C13H18N2O5/c1-8(2)20-11-5-4-9(6-14-11)12(16)15-10(7-19-3)13(17)18/h4-6,8,10H,7H2,1-3H3,(H,15,16)(H,17,18). The first-order chi connectivity index (χ1) is 9.43. The van der Waals surface area contributed by atoms with Gasteiger partial charge in [-0.3, -0.25) is 4.79 Å². The van der Waals surface area contributed by atoms with Crippen molar-refractivity contribution in [3.8, 4) is 5.88 Å². The predicted octanol–water partition coefficient (Wildman–Crippen LogP) is 0.698. The highest BCUT2D eigenvalue weighted by atomic mass is 16.5. The van der Waals surface area contributed by atoms with Crippen molar-refractivity contribution < 1.29 is 24.2 Å². The largest absolute Gasteiger partial charge is 0.480 e. The van der Waals surface area contributed by atoms with Gasteiger partial charge in [0.2, 0.25) is 5.88 Å². The molecule has 20 heavy (non-hydrogen) atoms. The molecule has 0 radical (unpaired) electrons. The SMILES string of the molecule is COCC(NC(=O)c1ccc(OC(C)C)nc1)C(=O)O. The molecule has 1 rings (SSSR count). The molecule has 1 amide bonds. The number of carbonyl (C=O) groups is 2. The van der Waals surface area contributed by atoms with Gasteiger partial charge in [-0.2, -0.15) is 0 Å². The van der Waals surface area contributed by atoms with Crippen LogP contribution in [-0.4, -0.2) is 47.8 Å². The zero-order valence-corrected chi connectivity index (χ0v) is 11.6. The minimum atomic E-state index is -1.16. The lowest BCUT2D eigenvalue weighted by atomic mass is 10.2. The summed E-state index contributed by atoms with van der Waals surface area (Å²) in [7, 11) is 1.36. The summed E-state index contributed by atoms with van der Waals surface area (Å²) >= 11 is 0. The van der Waals surface area contributed by atoms with E-state index in [1.165, 1.54) is 19.4 Å². The second kappa shape index (κ2) is 7.44. The van der Waals surface area contributed by atoms with Gasteiger partial charge < -0.3 is 19.9 Å². The Morgan fingerprint density at radius 1 is 1.40 bits per heavy atom. The summed E-state index contributed by atoms with van der Waals surface area (Å²) in [5.74, 6) is -1.28. The molecule has 2 N–H and O–H groups in total. The minimum absolute atomic E-state index is 0.0136. The molecule has 0 aliphatic rings. The van der Waals surface area contributed by atoms with E-state index in [1.54, 1.807) is 6.07 Å². The van der Waals surface area contributed by atoms with Gasteiger partial charge in [0.05, 0.1) is 18.3 Å². The molecule has 1 aromatic heterocycles. The van der Waals surface area contributed by atoms with Crippen molar-refractivity contribution in [3.05, 3.63) is 23.9 Å². The molecule has 110 valence electrons. The zero-order valence-electron chi connectivity index (χ0n) is 11.6. The van der Waals surface area contributed by atoms with Crippen LogP contribution in [-0.2, 0) is 9.53 Å². The van der Waals surface area contributed by atoms with Crippen LogP contribution >= 0.6 is 0 Å². The Morgan fingerprint density at radius 2 is 2.10 bits per heavy atom. The molecule has 7 heteroatoms. The van der Waals surface area contributed by atoms with Crippen molar-refractivity contribution in [2.75, 3.05) is 13.7 Å². The fourth-order valence-electron chi connectivity index (χ4n) is 1.41. The normalized spacial score (nSPS) is 12.0. The van der Waals surface area contributed by atoms with E-state index in [4.69, 9.17) is 14.6 Å². The molecule has 1 atom stereocenters. The molecule has 0 aliphatic carbocycles. The van der Waals surface area contributed by atoms with E-state index in [-0.39, 0.29) is 18.3 Å². The highest BCUT2D eigenvalue weighted by Crippen LogP contribution is 2.09. The quantitative estimate of drug-likeness (QED) is 0.764. The number of carbonyl (C=O) groups excluding carboxylic acids is 1. The van der Waals surface area contributed by atoms with E-state index >= 15 is 0 Å². The first-order valence-electron chi connectivity index (χ1n) is 6.09. The van der Waals surface area contributed by atoms with Crippen molar-refractivity contribution in [3.63, 3.8) is 0 Å². The van der Waals surface area contributed by atoms with Crippen molar-refractivity contribution in [2.45, 2.75) is 26.0 Å². The Kier molecular flexibility index (Phi) is 5.92. The highest BCUT2D eigenvalue weighted by molar-refractivity contribution is 5.96. The van der Waals surface area contributed by atoms with Crippen LogP contribution in [0, 0.1) is 0 Å². The number of rotatable bonds is 7. The molecule has 0 spiro atoms. The van der Waals surface area contributed by atoms with Crippen molar-refractivity contribution in [2.24, 2.45) is 0 Å². The number of aromatic nitrogens is 1. The molecule has 0 saturated carbocycles. The third-order valence-corrected chi connectivity index (χ3v) is 2.29. The average Bonchev–Trinajstić information content (AvgIpc) is 2.38. The molecule has 0 aromatic carbocycles. The summed E-state index contributed by atoms with van der Waals surface area (Å²) in [5, 5.41) is 11.3. The second-order valence-electron chi connectivity index (χ2n) is 4.37. The number of hydrogen-bond donors (Lipinski definition) is 2. The summed E-state index contributed by atoms with van der Waals surface area (Å²) in [4.78, 5) is 26.7. The van der Waals surface area contributed by atoms with Gasteiger partial charge >= 0.3 is 5.97 Å². The van der Waals surface area contributed by atoms with Crippen LogP contribution in [0.25, 0.3) is 0 Å². The molecule has 7 nitrogen and oxygen atoms in total. The lowest BCUT2D eigenvalue weighted by molar-refractivity contribution is -0.140. The smallest absolute Gasteiger partial charge is 0.328 e. The van der Waals surface area contributed by atoms with E-state index in [0.717, 1.165) is 0 Å². The third-order valence-electron chi connectivity index (χ3n) is 2.29. The number of pyridine rings is 1. The van der Waals surface area contributed by atoms with Crippen LogP contribution in [0.2, 0.25) is 0 Å². The van der Waals surface area contributed by atoms with Crippen molar-refractivity contribution >= 4 is 11.9 Å². The molecule has 1 unspecified atom stereocenters. The number of hydrogen-bond acceptors (Lipinski definition) is 5. The number of nitrogens with one attached hydrogen (secondary N) is 1. The average molecular weight is 282 g/mol. The Morgan fingerprint density at radius 3 is 2.55 bits per heavy atom. The van der Waals surface area contributed by atoms with Crippen molar-refractivity contribution in [1.29, 1.82) is 0 Å². The number of ether oxygens (including phenoxy) is 2. The van der Waals surface area contributed by atoms with Gasteiger partial charge in [-0.25, -0.2) is 9.78 Å². The van der Waals surface area contributed by atoms with Gasteiger partial charge in [-0.1, -0.05) is 0 Å². The number of carboxylic acid groups (broad SMARTS) is 1. The Labute approximate surface area is 116 Å². The van der Waals surface area contributed by atoms with Crippen LogP contribution < -0.4 is 10.1 Å². The zero-order chi connectivity index (χ0) is 15.1. The minimum Gasteiger partial charge on any atom is -0.480 e. The maximum absolute atomic E-state index is 11.9. The predicted molar refractivity (Wildman–Crippen MR) is 70.8 cm³/mol. The molecule has 1 heterocycles. The molecule has 0 bridgehead atoms. The Balaban J connectivity index is 2.69. The van der Waals surface area contributed by atoms with E-state index in [0.29, 0.717) is 5.88 Å². The van der Waals surface area contributed by atoms with E-state index in [9.17, 15) is 9.59 Å². The summed E-state index contributed by atoms with van der Waals surface area (Å²) in [6.07, 6.45) is 1.32.